The lowest BCUT2D eigenvalue weighted by Crippen LogP contribution is -2.59. The molecule has 11 heteroatoms. The highest BCUT2D eigenvalue weighted by molar-refractivity contribution is 5.84. The van der Waals surface area contributed by atoms with Gasteiger partial charge in [0.2, 0.25) is 11.3 Å². The van der Waals surface area contributed by atoms with E-state index < -0.39 is 48.4 Å². The normalized spacial score (nSPS) is 15.1. The van der Waals surface area contributed by atoms with Crippen LogP contribution in [0.15, 0.2) is 30.3 Å². The number of halogens is 9. The third-order valence-corrected chi connectivity index (χ3v) is 3.32. The molecule has 0 fully saturated rings. The minimum absolute atomic E-state index is 0.513. The molecule has 0 aliphatic carbocycles. The number of carbonyl (C=O) groups is 1. The van der Waals surface area contributed by atoms with E-state index >= 15 is 0 Å². The standard InChI is InChI=1S/C13H10F9NO/c1-10(12(17,18)19,13(20,21)22)9(24)23-8(11(14,15)16)7-5-3-2-4-6-7/h2-6,8H,1H3,(H,23,24)/t8-/m0/s1. The van der Waals surface area contributed by atoms with Crippen LogP contribution in [0.2, 0.25) is 0 Å². The number of carbonyl (C=O) groups excluding carboxylic acids is 1. The average Bonchev–Trinajstić information content (AvgIpc) is 2.40. The number of hydrogen-bond acceptors (Lipinski definition) is 1. The van der Waals surface area contributed by atoms with Crippen molar-refractivity contribution in [1.29, 1.82) is 0 Å². The molecule has 2 nitrogen and oxygen atoms in total. The first kappa shape index (κ1) is 20.1. The Hall–Kier alpha value is -1.94. The summed E-state index contributed by atoms with van der Waals surface area (Å²) in [6.45, 7) is -0.513. The van der Waals surface area contributed by atoms with Gasteiger partial charge in [0.15, 0.2) is 6.04 Å². The summed E-state index contributed by atoms with van der Waals surface area (Å²) in [5.41, 5.74) is -5.69. The summed E-state index contributed by atoms with van der Waals surface area (Å²) in [6, 6.07) is 2.08. The molecule has 136 valence electrons. The maximum atomic E-state index is 13.0. The second-order valence-corrected chi connectivity index (χ2v) is 4.98. The van der Waals surface area contributed by atoms with E-state index in [-0.39, 0.29) is 0 Å². The number of nitrogens with one attached hydrogen (secondary N) is 1. The predicted octanol–water partition coefficient (Wildman–Crippen LogP) is 4.54. The summed E-state index contributed by atoms with van der Waals surface area (Å²) in [5, 5.41) is 0.823. The third-order valence-electron chi connectivity index (χ3n) is 3.32. The molecule has 0 aromatic heterocycles. The molecular formula is C13H10F9NO. The van der Waals surface area contributed by atoms with Crippen LogP contribution >= 0.6 is 0 Å². The maximum absolute atomic E-state index is 13.0. The Kier molecular flexibility index (Phi) is 5.17. The molecule has 0 aliphatic rings. The summed E-state index contributed by atoms with van der Waals surface area (Å²) >= 11 is 0. The van der Waals surface area contributed by atoms with Crippen molar-refractivity contribution < 1.29 is 44.3 Å². The van der Waals surface area contributed by atoms with E-state index in [9.17, 15) is 44.3 Å². The fourth-order valence-corrected chi connectivity index (χ4v) is 1.69. The molecule has 0 radical (unpaired) electrons. The largest absolute Gasteiger partial charge is 0.412 e. The molecule has 0 spiro atoms. The van der Waals surface area contributed by atoms with Gasteiger partial charge in [0.25, 0.3) is 0 Å². The highest BCUT2D eigenvalue weighted by Gasteiger charge is 2.72. The van der Waals surface area contributed by atoms with Gasteiger partial charge < -0.3 is 5.32 Å². The molecule has 1 rings (SSSR count). The van der Waals surface area contributed by atoms with Gasteiger partial charge in [-0.2, -0.15) is 39.5 Å². The van der Waals surface area contributed by atoms with Gasteiger partial charge >= 0.3 is 18.5 Å². The molecule has 0 aliphatic heterocycles. The van der Waals surface area contributed by atoms with Gasteiger partial charge in [0, 0.05) is 0 Å². The summed E-state index contributed by atoms with van der Waals surface area (Å²) in [7, 11) is 0. The van der Waals surface area contributed by atoms with E-state index in [4.69, 9.17) is 0 Å². The Balaban J connectivity index is 3.30. The van der Waals surface area contributed by atoms with E-state index in [0.29, 0.717) is 0 Å². The summed E-state index contributed by atoms with van der Waals surface area (Å²) in [4.78, 5) is 11.5. The zero-order chi connectivity index (χ0) is 19.0. The van der Waals surface area contributed by atoms with Gasteiger partial charge in [-0.3, -0.25) is 4.79 Å². The van der Waals surface area contributed by atoms with E-state index in [1.54, 1.807) is 0 Å². The van der Waals surface area contributed by atoms with Crippen LogP contribution < -0.4 is 5.32 Å². The van der Waals surface area contributed by atoms with E-state index in [2.05, 4.69) is 0 Å². The highest BCUT2D eigenvalue weighted by Crippen LogP contribution is 2.50. The molecule has 0 bridgehead atoms. The topological polar surface area (TPSA) is 29.1 Å². The van der Waals surface area contributed by atoms with Crippen molar-refractivity contribution in [1.82, 2.24) is 5.32 Å². The van der Waals surface area contributed by atoms with Crippen molar-refractivity contribution >= 4 is 5.91 Å². The van der Waals surface area contributed by atoms with E-state index in [0.717, 1.165) is 29.6 Å². The molecule has 1 aromatic carbocycles. The lowest BCUT2D eigenvalue weighted by Gasteiger charge is -2.34. The fraction of sp³-hybridized carbons (Fsp3) is 0.462. The van der Waals surface area contributed by atoms with Crippen molar-refractivity contribution in [3.8, 4) is 0 Å². The second-order valence-electron chi connectivity index (χ2n) is 4.98. The van der Waals surface area contributed by atoms with Crippen molar-refractivity contribution in [3.63, 3.8) is 0 Å². The van der Waals surface area contributed by atoms with Gasteiger partial charge in [-0.25, -0.2) is 0 Å². The van der Waals surface area contributed by atoms with Crippen LogP contribution in [0.3, 0.4) is 0 Å². The number of hydrogen-bond donors (Lipinski definition) is 1. The van der Waals surface area contributed by atoms with E-state index in [1.165, 1.54) is 6.07 Å². The SMILES string of the molecule is CC(C(=O)N[C@@H](c1ccccc1)C(F)(F)F)(C(F)(F)F)C(F)(F)F. The third kappa shape index (κ3) is 3.75. The number of benzene rings is 1. The Morgan fingerprint density at radius 3 is 1.62 bits per heavy atom. The lowest BCUT2D eigenvalue weighted by atomic mass is 9.87. The molecule has 0 unspecified atom stereocenters. The summed E-state index contributed by atoms with van der Waals surface area (Å²) in [6.07, 6.45) is -17.6. The first-order valence-corrected chi connectivity index (χ1v) is 6.18. The van der Waals surface area contributed by atoms with Gasteiger partial charge in [-0.15, -0.1) is 0 Å². The Morgan fingerprint density at radius 1 is 0.875 bits per heavy atom. The minimum atomic E-state index is -6.14. The quantitative estimate of drug-likeness (QED) is 0.781. The van der Waals surface area contributed by atoms with Gasteiger partial charge in [0.05, 0.1) is 0 Å². The fourth-order valence-electron chi connectivity index (χ4n) is 1.69. The number of amides is 1. The smallest absolute Gasteiger partial charge is 0.340 e. The van der Waals surface area contributed by atoms with E-state index in [1.807, 2.05) is 0 Å². The summed E-state index contributed by atoms with van der Waals surface area (Å²) in [5.74, 6) is -2.84. The Labute approximate surface area is 129 Å². The van der Waals surface area contributed by atoms with Crippen molar-refractivity contribution in [3.05, 3.63) is 35.9 Å². The van der Waals surface area contributed by atoms with Crippen LogP contribution in [0.5, 0.6) is 0 Å². The molecule has 0 saturated carbocycles. The molecule has 1 atom stereocenters. The van der Waals surface area contributed by atoms with Crippen LogP contribution in [-0.2, 0) is 4.79 Å². The lowest BCUT2D eigenvalue weighted by molar-refractivity contribution is -0.320. The summed E-state index contributed by atoms with van der Waals surface area (Å²) < 4.78 is 115. The first-order valence-electron chi connectivity index (χ1n) is 6.18. The minimum Gasteiger partial charge on any atom is -0.340 e. The molecule has 1 amide bonds. The zero-order valence-electron chi connectivity index (χ0n) is 11.8. The molecule has 24 heavy (non-hydrogen) atoms. The van der Waals surface area contributed by atoms with Crippen LogP contribution in [-0.4, -0.2) is 24.4 Å². The van der Waals surface area contributed by atoms with Crippen molar-refractivity contribution in [2.24, 2.45) is 5.41 Å². The van der Waals surface area contributed by atoms with Crippen molar-refractivity contribution in [2.75, 3.05) is 0 Å². The number of alkyl halides is 9. The maximum Gasteiger partial charge on any atom is 0.412 e. The number of rotatable bonds is 3. The predicted molar refractivity (Wildman–Crippen MR) is 63.6 cm³/mol. The van der Waals surface area contributed by atoms with Crippen LogP contribution in [0.1, 0.15) is 18.5 Å². The Morgan fingerprint density at radius 2 is 1.29 bits per heavy atom. The highest BCUT2D eigenvalue weighted by atomic mass is 19.4. The molecule has 1 N–H and O–H groups in total. The van der Waals surface area contributed by atoms with Gasteiger partial charge in [-0.05, 0) is 12.5 Å². The van der Waals surface area contributed by atoms with Crippen LogP contribution in [0.25, 0.3) is 0 Å². The molecule has 0 heterocycles. The van der Waals surface area contributed by atoms with Crippen LogP contribution in [0, 0.1) is 5.41 Å². The van der Waals surface area contributed by atoms with Crippen molar-refractivity contribution in [2.45, 2.75) is 31.5 Å². The van der Waals surface area contributed by atoms with Gasteiger partial charge in [-0.1, -0.05) is 30.3 Å². The average molecular weight is 367 g/mol. The molecule has 0 saturated heterocycles. The molecular weight excluding hydrogens is 357 g/mol. The second kappa shape index (κ2) is 6.17. The monoisotopic (exact) mass is 367 g/mol. The Bertz CT molecular complexity index is 560. The van der Waals surface area contributed by atoms with Crippen LogP contribution in [0.4, 0.5) is 39.5 Å². The molecule has 1 aromatic rings. The van der Waals surface area contributed by atoms with Gasteiger partial charge in [0.1, 0.15) is 0 Å². The first-order chi connectivity index (χ1) is 10.6. The zero-order valence-corrected chi connectivity index (χ0v) is 11.8.